The van der Waals surface area contributed by atoms with Crippen molar-refractivity contribution in [3.8, 4) is 0 Å². The Morgan fingerprint density at radius 3 is 2.40 bits per heavy atom. The fourth-order valence-electron chi connectivity index (χ4n) is 1.72. The quantitative estimate of drug-likeness (QED) is 0.290. The lowest BCUT2D eigenvalue weighted by molar-refractivity contribution is -0.913. The lowest BCUT2D eigenvalue weighted by Gasteiger charge is -2.36. The lowest BCUT2D eigenvalue weighted by Crippen LogP contribution is -2.49. The molecule has 0 aromatic heterocycles. The lowest BCUT2D eigenvalue weighted by atomic mass is 10.2. The van der Waals surface area contributed by atoms with Gasteiger partial charge in [0.15, 0.2) is 0 Å². The van der Waals surface area contributed by atoms with Crippen molar-refractivity contribution in [2.45, 2.75) is 32.7 Å². The predicted octanol–water partition coefficient (Wildman–Crippen LogP) is 0.469. The Balaban J connectivity index is 4.11. The summed E-state index contributed by atoms with van der Waals surface area (Å²) in [5, 5.41) is 2.76. The highest BCUT2D eigenvalue weighted by Gasteiger charge is 2.23. The Kier molecular flexibility index (Phi) is 7.40. The molecule has 0 radical (unpaired) electrons. The second-order valence-corrected chi connectivity index (χ2v) is 7.32. The maximum atomic E-state index is 11.3. The second-order valence-electron chi connectivity index (χ2n) is 5.79. The van der Waals surface area contributed by atoms with Crippen molar-refractivity contribution in [3.63, 3.8) is 0 Å². The normalized spacial score (nSPS) is 13.8. The molecule has 0 aromatic carbocycles. The first-order valence-corrected chi connectivity index (χ1v) is 8.23. The van der Waals surface area contributed by atoms with Gasteiger partial charge in [0, 0.05) is 30.7 Å². The fraction of sp³-hybridized carbons (Fsp3) is 0.769. The third-order valence-electron chi connectivity index (χ3n) is 3.56. The average molecular weight is 306 g/mol. The van der Waals surface area contributed by atoms with E-state index in [2.05, 4.69) is 11.9 Å². The molecule has 0 spiro atoms. The Morgan fingerprint density at radius 2 is 1.95 bits per heavy atom. The van der Waals surface area contributed by atoms with Gasteiger partial charge in [0.25, 0.3) is 0 Å². The topological polar surface area (TPSA) is 86.3 Å². The largest absolute Gasteiger partial charge is 0.748 e. The molecule has 0 saturated heterocycles. The molecule has 0 heterocycles. The first-order chi connectivity index (χ1) is 8.96. The highest BCUT2D eigenvalue weighted by molar-refractivity contribution is 7.85. The van der Waals surface area contributed by atoms with Crippen LogP contribution in [0.5, 0.6) is 0 Å². The van der Waals surface area contributed by atoms with Gasteiger partial charge >= 0.3 is 0 Å². The molecule has 0 aliphatic rings. The maximum Gasteiger partial charge on any atom is 0.246 e. The smallest absolute Gasteiger partial charge is 0.246 e. The molecule has 20 heavy (non-hydrogen) atoms. The minimum absolute atomic E-state index is 0.0653. The van der Waals surface area contributed by atoms with E-state index in [-0.39, 0.29) is 17.7 Å². The van der Waals surface area contributed by atoms with Gasteiger partial charge < -0.3 is 14.4 Å². The van der Waals surface area contributed by atoms with Crippen LogP contribution < -0.4 is 5.32 Å². The van der Waals surface area contributed by atoms with E-state index in [0.717, 1.165) is 13.0 Å². The predicted molar refractivity (Wildman–Crippen MR) is 78.1 cm³/mol. The molecule has 0 saturated carbocycles. The number of carbonyl (C=O) groups is 1. The molecule has 1 atom stereocenters. The number of nitrogens with zero attached hydrogens (tertiary/aromatic N) is 1. The highest BCUT2D eigenvalue weighted by atomic mass is 32.2. The van der Waals surface area contributed by atoms with Gasteiger partial charge in [-0.2, -0.15) is 0 Å². The zero-order valence-corrected chi connectivity index (χ0v) is 13.6. The number of quaternary nitrogens is 1. The minimum Gasteiger partial charge on any atom is -0.748 e. The molecule has 118 valence electrons. The van der Waals surface area contributed by atoms with Gasteiger partial charge in [-0.3, -0.25) is 4.79 Å². The fourth-order valence-corrected chi connectivity index (χ4v) is 2.35. The van der Waals surface area contributed by atoms with E-state index >= 15 is 0 Å². The summed E-state index contributed by atoms with van der Waals surface area (Å²) in [6, 6.07) is 0.0653. The summed E-state index contributed by atoms with van der Waals surface area (Å²) in [4.78, 5) is 11.3. The molecule has 0 aromatic rings. The number of nitrogens with one attached hydrogen (secondary N) is 1. The summed E-state index contributed by atoms with van der Waals surface area (Å²) in [7, 11) is -0.175. The van der Waals surface area contributed by atoms with Gasteiger partial charge in [-0.15, -0.1) is 0 Å². The number of hydrogen-bond donors (Lipinski definition) is 1. The summed E-state index contributed by atoms with van der Waals surface area (Å²) in [5.74, 6) is -0.483. The molecule has 7 heteroatoms. The molecule has 0 bridgehead atoms. The van der Waals surface area contributed by atoms with Crippen LogP contribution >= 0.6 is 0 Å². The number of carbonyl (C=O) groups excluding carboxylic acids is 1. The molecule has 0 rings (SSSR count). The number of hydrogen-bond acceptors (Lipinski definition) is 4. The van der Waals surface area contributed by atoms with Gasteiger partial charge in [-0.1, -0.05) is 6.58 Å². The summed E-state index contributed by atoms with van der Waals surface area (Å²) >= 11 is 0. The Bertz CT molecular complexity index is 443. The molecule has 6 nitrogen and oxygen atoms in total. The van der Waals surface area contributed by atoms with E-state index in [1.807, 2.05) is 21.0 Å². The molecule has 0 fully saturated rings. The van der Waals surface area contributed by atoms with Crippen LogP contribution in [-0.2, 0) is 14.9 Å². The van der Waals surface area contributed by atoms with Crippen LogP contribution in [-0.4, -0.2) is 62.3 Å². The highest BCUT2D eigenvalue weighted by Crippen LogP contribution is 2.12. The zero-order valence-electron chi connectivity index (χ0n) is 12.8. The molecule has 1 unspecified atom stereocenters. The standard InChI is InChI=1S/C13H26N2O4S/c1-11(2)13(16)14-8-6-9-15(4,5)12(3)7-10-20(17,18)19/h12H,1,6-10H2,2-5H3,(H-,14,16,17,18,19). The minimum atomic E-state index is -4.15. The third-order valence-corrected chi connectivity index (χ3v) is 4.30. The van der Waals surface area contributed by atoms with Crippen LogP contribution in [0.3, 0.4) is 0 Å². The van der Waals surface area contributed by atoms with E-state index in [9.17, 15) is 17.8 Å². The molecular formula is C13H26N2O4S. The Hall–Kier alpha value is -0.920. The van der Waals surface area contributed by atoms with E-state index in [1.54, 1.807) is 6.92 Å². The van der Waals surface area contributed by atoms with Crippen molar-refractivity contribution in [2.24, 2.45) is 0 Å². The van der Waals surface area contributed by atoms with E-state index in [1.165, 1.54) is 0 Å². The Morgan fingerprint density at radius 1 is 1.40 bits per heavy atom. The summed E-state index contributed by atoms with van der Waals surface area (Å²) in [6.45, 7) is 8.48. The SMILES string of the molecule is C=C(C)C(=O)NCCC[N+](C)(C)C(C)CCS(=O)(=O)[O-]. The van der Waals surface area contributed by atoms with Crippen LogP contribution in [0, 0.1) is 0 Å². The number of amides is 1. The molecular weight excluding hydrogens is 280 g/mol. The molecule has 0 aliphatic heterocycles. The maximum absolute atomic E-state index is 11.3. The van der Waals surface area contributed by atoms with Gasteiger partial charge in [0.1, 0.15) is 0 Å². The van der Waals surface area contributed by atoms with Gasteiger partial charge in [0.05, 0.1) is 36.8 Å². The second kappa shape index (κ2) is 7.75. The first-order valence-electron chi connectivity index (χ1n) is 6.65. The zero-order chi connectivity index (χ0) is 16.0. The van der Waals surface area contributed by atoms with Crippen molar-refractivity contribution < 1.29 is 22.2 Å². The summed E-state index contributed by atoms with van der Waals surface area (Å²) in [6.07, 6.45) is 1.12. The average Bonchev–Trinajstić information content (AvgIpc) is 2.30. The summed E-state index contributed by atoms with van der Waals surface area (Å²) in [5.41, 5.74) is 0.479. The van der Waals surface area contributed by atoms with E-state index < -0.39 is 10.1 Å². The van der Waals surface area contributed by atoms with Crippen LogP contribution in [0.4, 0.5) is 0 Å². The molecule has 0 aliphatic carbocycles. The molecule has 1 N–H and O–H groups in total. The van der Waals surface area contributed by atoms with Crippen LogP contribution in [0.25, 0.3) is 0 Å². The first kappa shape index (κ1) is 19.1. The van der Waals surface area contributed by atoms with Crippen molar-refractivity contribution >= 4 is 16.0 Å². The number of rotatable bonds is 9. The van der Waals surface area contributed by atoms with Crippen LogP contribution in [0.1, 0.15) is 26.7 Å². The van der Waals surface area contributed by atoms with Crippen molar-refractivity contribution in [2.75, 3.05) is 32.9 Å². The van der Waals surface area contributed by atoms with E-state index in [4.69, 9.17) is 0 Å². The third kappa shape index (κ3) is 8.29. The summed E-state index contributed by atoms with van der Waals surface area (Å²) < 4.78 is 32.5. The van der Waals surface area contributed by atoms with Crippen molar-refractivity contribution in [1.82, 2.24) is 5.32 Å². The monoisotopic (exact) mass is 306 g/mol. The van der Waals surface area contributed by atoms with Gasteiger partial charge in [-0.05, 0) is 13.8 Å². The van der Waals surface area contributed by atoms with Gasteiger partial charge in [0.2, 0.25) is 5.91 Å². The van der Waals surface area contributed by atoms with Crippen molar-refractivity contribution in [1.29, 1.82) is 0 Å². The van der Waals surface area contributed by atoms with Gasteiger partial charge in [-0.25, -0.2) is 8.42 Å². The van der Waals surface area contributed by atoms with E-state index in [0.29, 0.717) is 23.0 Å². The van der Waals surface area contributed by atoms with Crippen molar-refractivity contribution in [3.05, 3.63) is 12.2 Å². The molecule has 1 amide bonds. The van der Waals surface area contributed by atoms with Crippen LogP contribution in [0.2, 0.25) is 0 Å². The van der Waals surface area contributed by atoms with Crippen LogP contribution in [0.15, 0.2) is 12.2 Å². The Labute approximate surface area is 122 Å².